The topological polar surface area (TPSA) is 55.4 Å². The third kappa shape index (κ3) is 8.79. The molecule has 2 atom stereocenters. The van der Waals surface area contributed by atoms with Gasteiger partial charge in [-0.15, -0.1) is 25.7 Å². The molecule has 0 spiro atoms. The molecule has 2 saturated heterocycles. The van der Waals surface area contributed by atoms with E-state index >= 15 is 0 Å². The van der Waals surface area contributed by atoms with Gasteiger partial charge in [-0.25, -0.2) is 0 Å². The van der Waals surface area contributed by atoms with Gasteiger partial charge in [-0.05, 0) is 45.1 Å². The first-order chi connectivity index (χ1) is 17.8. The highest BCUT2D eigenvalue weighted by atomic mass is 16.5. The number of ether oxygens (including phenoxy) is 2. The lowest BCUT2D eigenvalue weighted by atomic mass is 9.86. The summed E-state index contributed by atoms with van der Waals surface area (Å²) in [4.78, 5) is 15.2. The molecule has 4 aliphatic rings. The molecule has 1 amide bonds. The van der Waals surface area contributed by atoms with Gasteiger partial charge in [0.25, 0.3) is 0 Å². The van der Waals surface area contributed by atoms with Crippen LogP contribution in [0, 0.1) is 31.6 Å². The molecule has 1 aromatic carbocycles. The number of amides is 1. The zero-order valence-electron chi connectivity index (χ0n) is 22.3. The standard InChI is InChI=1S/C21H30N2O3.C6H12.2C2H2/c1-2-25-20-16(7-6-8-19(20)26-15-9-10-15)17-13-22-14-18(17)21(24)23-11-4-3-5-12-23;1-2-4-6-5-3-1;2*1-2/h6-8,15,17-18,22H,2-5,9-14H2,1H3;1-6H2;2*1-2H/p+1/t17-,18?;;;/m0.../s1. The third-order valence-electron chi connectivity index (χ3n) is 7.33. The second-order valence-corrected chi connectivity index (χ2v) is 9.91. The van der Waals surface area contributed by atoms with Gasteiger partial charge in [-0.3, -0.25) is 4.79 Å². The van der Waals surface area contributed by atoms with Crippen LogP contribution in [0.4, 0.5) is 0 Å². The Labute approximate surface area is 219 Å². The molecule has 0 aromatic heterocycles. The van der Waals surface area contributed by atoms with Crippen molar-refractivity contribution in [2.24, 2.45) is 5.92 Å². The molecule has 4 fully saturated rings. The maximum atomic E-state index is 13.2. The Hall–Kier alpha value is -2.63. The van der Waals surface area contributed by atoms with Gasteiger partial charge < -0.3 is 19.7 Å². The van der Waals surface area contributed by atoms with Crippen molar-refractivity contribution in [2.75, 3.05) is 32.8 Å². The van der Waals surface area contributed by atoms with E-state index in [1.807, 2.05) is 13.0 Å². The van der Waals surface area contributed by atoms with Gasteiger partial charge in [0.05, 0.1) is 37.6 Å². The van der Waals surface area contributed by atoms with Crippen molar-refractivity contribution in [3.8, 4) is 37.2 Å². The Morgan fingerprint density at radius 1 is 0.917 bits per heavy atom. The number of likely N-dealkylation sites (tertiary alicyclic amines) is 1. The smallest absolute Gasteiger partial charge is 0.232 e. The molecule has 2 aliphatic heterocycles. The lowest BCUT2D eigenvalue weighted by Crippen LogP contribution is -2.81. The molecular weight excluding hydrogens is 448 g/mol. The van der Waals surface area contributed by atoms with Crippen LogP contribution in [0.5, 0.6) is 11.5 Å². The number of hydrogen-bond acceptors (Lipinski definition) is 3. The minimum atomic E-state index is 0.0449. The van der Waals surface area contributed by atoms with Gasteiger partial charge in [0.2, 0.25) is 5.91 Å². The van der Waals surface area contributed by atoms with Gasteiger partial charge >= 0.3 is 0 Å². The van der Waals surface area contributed by atoms with Crippen molar-refractivity contribution in [1.29, 1.82) is 0 Å². The summed E-state index contributed by atoms with van der Waals surface area (Å²) in [5, 5.41) is 2.28. The maximum absolute atomic E-state index is 13.2. The normalized spacial score (nSPS) is 22.9. The van der Waals surface area contributed by atoms with Crippen LogP contribution >= 0.6 is 0 Å². The SMILES string of the molecule is C#C.C#C.C1CCCCC1.CCOc1c(OC2CC2)cccc1[C@@H]1C[NH2+]CC1C(=O)N1CCCCC1. The average molecular weight is 496 g/mol. The van der Waals surface area contributed by atoms with Crippen molar-refractivity contribution in [2.45, 2.75) is 89.6 Å². The maximum Gasteiger partial charge on any atom is 0.232 e. The Morgan fingerprint density at radius 2 is 1.50 bits per heavy atom. The summed E-state index contributed by atoms with van der Waals surface area (Å²) in [5.74, 6) is 2.29. The largest absolute Gasteiger partial charge is 0.490 e. The van der Waals surface area contributed by atoms with Crippen LogP contribution in [0.1, 0.15) is 89.0 Å². The number of para-hydroxylation sites is 1. The van der Waals surface area contributed by atoms with Crippen molar-refractivity contribution >= 4 is 5.91 Å². The van der Waals surface area contributed by atoms with E-state index in [1.165, 1.54) is 44.9 Å². The summed E-state index contributed by atoms with van der Waals surface area (Å²) < 4.78 is 12.1. The van der Waals surface area contributed by atoms with E-state index in [0.717, 1.165) is 68.9 Å². The molecule has 0 bridgehead atoms. The zero-order valence-corrected chi connectivity index (χ0v) is 22.3. The van der Waals surface area contributed by atoms with Crippen LogP contribution < -0.4 is 14.8 Å². The second-order valence-electron chi connectivity index (χ2n) is 9.91. The van der Waals surface area contributed by atoms with Crippen LogP contribution in [0.25, 0.3) is 0 Å². The highest BCUT2D eigenvalue weighted by Crippen LogP contribution is 2.41. The average Bonchev–Trinajstić information content (AvgIpc) is 3.65. The molecule has 36 heavy (non-hydrogen) atoms. The summed E-state index contributed by atoms with van der Waals surface area (Å²) in [6.45, 7) is 6.28. The van der Waals surface area contributed by atoms with Gasteiger partial charge in [0.1, 0.15) is 0 Å². The number of nitrogens with zero attached hydrogens (tertiary/aromatic N) is 1. The zero-order chi connectivity index (χ0) is 26.2. The first-order valence-electron chi connectivity index (χ1n) is 14.0. The molecule has 2 saturated carbocycles. The Kier molecular flexibility index (Phi) is 13.9. The van der Waals surface area contributed by atoms with Gasteiger partial charge in [-0.1, -0.05) is 50.7 Å². The van der Waals surface area contributed by atoms with E-state index in [4.69, 9.17) is 9.47 Å². The number of hydrogen-bond donors (Lipinski definition) is 1. The van der Waals surface area contributed by atoms with E-state index < -0.39 is 0 Å². The predicted octanol–water partition coefficient (Wildman–Crippen LogP) is 4.76. The first-order valence-corrected chi connectivity index (χ1v) is 14.0. The highest BCUT2D eigenvalue weighted by Gasteiger charge is 2.41. The van der Waals surface area contributed by atoms with E-state index in [-0.39, 0.29) is 11.8 Å². The minimum absolute atomic E-state index is 0.0449. The monoisotopic (exact) mass is 495 g/mol. The number of nitrogens with two attached hydrogens (primary N) is 1. The van der Waals surface area contributed by atoms with Crippen LogP contribution in [0.3, 0.4) is 0 Å². The Balaban J connectivity index is 0.000000390. The van der Waals surface area contributed by atoms with E-state index in [9.17, 15) is 4.79 Å². The summed E-state index contributed by atoms with van der Waals surface area (Å²) in [5.41, 5.74) is 1.15. The van der Waals surface area contributed by atoms with Crippen LogP contribution in [0.15, 0.2) is 18.2 Å². The number of quaternary nitrogens is 1. The fourth-order valence-corrected chi connectivity index (χ4v) is 5.39. The number of piperidine rings is 1. The molecule has 5 heteroatoms. The third-order valence-corrected chi connectivity index (χ3v) is 7.33. The van der Waals surface area contributed by atoms with Crippen molar-refractivity contribution in [3.05, 3.63) is 23.8 Å². The molecule has 5 rings (SSSR count). The molecule has 5 nitrogen and oxygen atoms in total. The fraction of sp³-hybridized carbons (Fsp3) is 0.645. The van der Waals surface area contributed by atoms with Crippen LogP contribution in [0.2, 0.25) is 0 Å². The molecule has 2 aliphatic carbocycles. The highest BCUT2D eigenvalue weighted by molar-refractivity contribution is 5.80. The summed E-state index contributed by atoms with van der Waals surface area (Å²) >= 11 is 0. The molecule has 0 radical (unpaired) electrons. The van der Waals surface area contributed by atoms with Crippen LogP contribution in [-0.2, 0) is 4.79 Å². The quantitative estimate of drug-likeness (QED) is 0.579. The van der Waals surface area contributed by atoms with E-state index in [1.54, 1.807) is 0 Å². The minimum Gasteiger partial charge on any atom is -0.490 e. The van der Waals surface area contributed by atoms with E-state index in [0.29, 0.717) is 18.6 Å². The Bertz CT molecular complexity index is 787. The van der Waals surface area contributed by atoms with Gasteiger partial charge in [0, 0.05) is 18.7 Å². The first kappa shape index (κ1) is 29.6. The fourth-order valence-electron chi connectivity index (χ4n) is 5.39. The number of benzene rings is 1. The van der Waals surface area contributed by atoms with Crippen molar-refractivity contribution < 1.29 is 19.6 Å². The number of carbonyl (C=O) groups is 1. The van der Waals surface area contributed by atoms with Crippen molar-refractivity contribution in [1.82, 2.24) is 4.90 Å². The number of terminal acetylenes is 2. The lowest BCUT2D eigenvalue weighted by molar-refractivity contribution is -0.638. The number of rotatable bonds is 6. The van der Waals surface area contributed by atoms with Crippen molar-refractivity contribution in [3.63, 3.8) is 0 Å². The summed E-state index contributed by atoms with van der Waals surface area (Å²) in [6.07, 6.45) is 31.1. The second kappa shape index (κ2) is 16.9. The molecule has 198 valence electrons. The lowest BCUT2D eigenvalue weighted by Gasteiger charge is -2.30. The molecule has 1 unspecified atom stereocenters. The molecule has 1 aromatic rings. The predicted molar refractivity (Wildman–Crippen MR) is 147 cm³/mol. The van der Waals surface area contributed by atoms with E-state index in [2.05, 4.69) is 48.0 Å². The summed E-state index contributed by atoms with van der Waals surface area (Å²) in [7, 11) is 0. The molecular formula is C31H47N2O3+. The molecule has 2 N–H and O–H groups in total. The van der Waals surface area contributed by atoms with Gasteiger partial charge in [0.15, 0.2) is 11.5 Å². The molecule has 2 heterocycles. The Morgan fingerprint density at radius 3 is 2.06 bits per heavy atom. The van der Waals surface area contributed by atoms with Gasteiger partial charge in [-0.2, -0.15) is 0 Å². The summed E-state index contributed by atoms with van der Waals surface area (Å²) in [6, 6.07) is 6.19. The van der Waals surface area contributed by atoms with Crippen LogP contribution in [-0.4, -0.2) is 49.7 Å². The number of carbonyl (C=O) groups excluding carboxylic acids is 1.